The van der Waals surface area contributed by atoms with Crippen molar-refractivity contribution in [1.29, 1.82) is 0 Å². The van der Waals surface area contributed by atoms with Crippen molar-refractivity contribution in [2.24, 2.45) is 0 Å². The predicted octanol–water partition coefficient (Wildman–Crippen LogP) is -3.01. The molecule has 0 aliphatic rings. The number of hydrogen-bond acceptors (Lipinski definition) is 6. The maximum Gasteiger partial charge on any atom is 0.107 e. The number of aliphatic hydroxyl groups excluding tert-OH is 5. The molecule has 0 aromatic carbocycles. The minimum absolute atomic E-state index is 0.0712. The highest BCUT2D eigenvalue weighted by molar-refractivity contribution is 4.87. The van der Waals surface area contributed by atoms with Gasteiger partial charge < -0.3 is 25.5 Å². The molecular weight excluding hydrogens is 178 g/mol. The first-order valence-corrected chi connectivity index (χ1v) is 4.03. The lowest BCUT2D eigenvalue weighted by Gasteiger charge is -2.31. The van der Waals surface area contributed by atoms with Crippen LogP contribution in [0.15, 0.2) is 0 Å². The van der Waals surface area contributed by atoms with E-state index in [4.69, 9.17) is 20.4 Å². The molecule has 1 unspecified atom stereocenters. The molecule has 0 aromatic rings. The fourth-order valence-electron chi connectivity index (χ4n) is 0.835. The largest absolute Gasteiger partial charge is 0.396 e. The lowest BCUT2D eigenvalue weighted by molar-refractivity contribution is -0.0117. The highest BCUT2D eigenvalue weighted by Crippen LogP contribution is 2.03. The molecule has 0 saturated carbocycles. The minimum Gasteiger partial charge on any atom is -0.396 e. The van der Waals surface area contributed by atoms with Crippen LogP contribution in [0.3, 0.4) is 0 Å². The van der Waals surface area contributed by atoms with E-state index >= 15 is 0 Å². The van der Waals surface area contributed by atoms with Gasteiger partial charge in [-0.1, -0.05) is 0 Å². The molecule has 0 saturated heterocycles. The standard InChI is InChI=1S/C7H17NO5/c9-2-1-6(13)8-7(3-10,4-11)5-12/h6,8-13H,1-5H2. The van der Waals surface area contributed by atoms with Crippen molar-refractivity contribution >= 4 is 0 Å². The molecule has 0 aliphatic carbocycles. The predicted molar refractivity (Wildman–Crippen MR) is 44.8 cm³/mol. The van der Waals surface area contributed by atoms with Gasteiger partial charge in [-0.3, -0.25) is 5.32 Å². The highest BCUT2D eigenvalue weighted by atomic mass is 16.3. The Morgan fingerprint density at radius 1 is 1.00 bits per heavy atom. The van der Waals surface area contributed by atoms with Gasteiger partial charge in [-0.25, -0.2) is 0 Å². The highest BCUT2D eigenvalue weighted by Gasteiger charge is 2.29. The second kappa shape index (κ2) is 6.25. The van der Waals surface area contributed by atoms with Gasteiger partial charge in [-0.2, -0.15) is 0 Å². The second-order valence-electron chi connectivity index (χ2n) is 2.93. The molecule has 0 spiro atoms. The van der Waals surface area contributed by atoms with Crippen molar-refractivity contribution < 1.29 is 25.5 Å². The van der Waals surface area contributed by atoms with Crippen molar-refractivity contribution in [2.45, 2.75) is 18.2 Å². The van der Waals surface area contributed by atoms with Gasteiger partial charge in [0.15, 0.2) is 0 Å². The number of nitrogens with one attached hydrogen (secondary N) is 1. The first-order valence-electron chi connectivity index (χ1n) is 4.03. The summed E-state index contributed by atoms with van der Waals surface area (Å²) in [5.41, 5.74) is -1.30. The fourth-order valence-corrected chi connectivity index (χ4v) is 0.835. The Labute approximate surface area is 76.4 Å². The summed E-state index contributed by atoms with van der Waals surface area (Å²) in [7, 11) is 0. The summed E-state index contributed by atoms with van der Waals surface area (Å²) >= 11 is 0. The van der Waals surface area contributed by atoms with E-state index in [9.17, 15) is 5.11 Å². The zero-order valence-electron chi connectivity index (χ0n) is 7.35. The van der Waals surface area contributed by atoms with E-state index in [-0.39, 0.29) is 13.0 Å². The average Bonchev–Trinajstić information content (AvgIpc) is 2.15. The van der Waals surface area contributed by atoms with Crippen LogP contribution in [0.2, 0.25) is 0 Å². The Kier molecular flexibility index (Phi) is 6.13. The molecular formula is C7H17NO5. The van der Waals surface area contributed by atoms with Crippen molar-refractivity contribution in [2.75, 3.05) is 26.4 Å². The van der Waals surface area contributed by atoms with Crippen molar-refractivity contribution in [1.82, 2.24) is 5.32 Å². The van der Waals surface area contributed by atoms with Crippen LogP contribution in [0.4, 0.5) is 0 Å². The quantitative estimate of drug-likeness (QED) is 0.241. The molecule has 6 N–H and O–H groups in total. The number of aliphatic hydroxyl groups is 5. The Bertz CT molecular complexity index is 120. The van der Waals surface area contributed by atoms with Crippen molar-refractivity contribution in [3.63, 3.8) is 0 Å². The van der Waals surface area contributed by atoms with Crippen LogP contribution >= 0.6 is 0 Å². The summed E-state index contributed by atoms with van der Waals surface area (Å²) in [6.45, 7) is -1.71. The van der Waals surface area contributed by atoms with Crippen LogP contribution in [-0.2, 0) is 0 Å². The first-order chi connectivity index (χ1) is 6.14. The Balaban J connectivity index is 4.07. The average molecular weight is 195 g/mol. The van der Waals surface area contributed by atoms with Crippen LogP contribution in [-0.4, -0.2) is 63.7 Å². The molecule has 0 aromatic heterocycles. The molecule has 0 rings (SSSR count). The third-order valence-electron chi connectivity index (χ3n) is 1.78. The molecule has 0 aliphatic heterocycles. The van der Waals surface area contributed by atoms with E-state index in [2.05, 4.69) is 5.32 Å². The molecule has 6 nitrogen and oxygen atoms in total. The molecule has 13 heavy (non-hydrogen) atoms. The summed E-state index contributed by atoms with van der Waals surface area (Å²) in [5, 5.41) is 46.6. The fraction of sp³-hybridized carbons (Fsp3) is 1.00. The maximum absolute atomic E-state index is 9.17. The zero-order chi connectivity index (χ0) is 10.3. The molecule has 80 valence electrons. The van der Waals surface area contributed by atoms with Crippen molar-refractivity contribution in [3.05, 3.63) is 0 Å². The summed E-state index contributed by atoms with van der Waals surface area (Å²) < 4.78 is 0. The van der Waals surface area contributed by atoms with Gasteiger partial charge in [0.1, 0.15) is 6.23 Å². The Morgan fingerprint density at radius 2 is 1.46 bits per heavy atom. The van der Waals surface area contributed by atoms with Crippen LogP contribution in [0.25, 0.3) is 0 Å². The van der Waals surface area contributed by atoms with Gasteiger partial charge in [-0.05, 0) is 0 Å². The molecule has 0 amide bonds. The van der Waals surface area contributed by atoms with Gasteiger partial charge in [0, 0.05) is 13.0 Å². The third-order valence-corrected chi connectivity index (χ3v) is 1.78. The van der Waals surface area contributed by atoms with Gasteiger partial charge in [0.05, 0.1) is 25.4 Å². The summed E-state index contributed by atoms with van der Waals surface area (Å²) in [6.07, 6.45) is -0.988. The van der Waals surface area contributed by atoms with Crippen LogP contribution in [0.5, 0.6) is 0 Å². The normalized spacial score (nSPS) is 14.5. The zero-order valence-corrected chi connectivity index (χ0v) is 7.35. The van der Waals surface area contributed by atoms with Gasteiger partial charge >= 0.3 is 0 Å². The molecule has 0 fully saturated rings. The minimum atomic E-state index is -1.30. The molecule has 0 bridgehead atoms. The van der Waals surface area contributed by atoms with Gasteiger partial charge in [0.2, 0.25) is 0 Å². The summed E-state index contributed by atoms with van der Waals surface area (Å²) in [6, 6.07) is 0. The second-order valence-corrected chi connectivity index (χ2v) is 2.93. The lowest BCUT2D eigenvalue weighted by Crippen LogP contribution is -2.58. The topological polar surface area (TPSA) is 113 Å². The monoisotopic (exact) mass is 195 g/mol. The summed E-state index contributed by atoms with van der Waals surface area (Å²) in [5.74, 6) is 0. The third kappa shape index (κ3) is 3.99. The Morgan fingerprint density at radius 3 is 1.77 bits per heavy atom. The van der Waals surface area contributed by atoms with E-state index in [0.717, 1.165) is 0 Å². The lowest BCUT2D eigenvalue weighted by atomic mass is 10.0. The van der Waals surface area contributed by atoms with E-state index in [1.807, 2.05) is 0 Å². The van der Waals surface area contributed by atoms with Crippen LogP contribution in [0.1, 0.15) is 6.42 Å². The van der Waals surface area contributed by atoms with Crippen molar-refractivity contribution in [3.8, 4) is 0 Å². The van der Waals surface area contributed by atoms with E-state index < -0.39 is 31.6 Å². The van der Waals surface area contributed by atoms with E-state index in [1.54, 1.807) is 0 Å². The van der Waals surface area contributed by atoms with Gasteiger partial charge in [-0.15, -0.1) is 0 Å². The molecule has 1 atom stereocenters. The summed E-state index contributed by atoms with van der Waals surface area (Å²) in [4.78, 5) is 0. The Hall–Kier alpha value is -0.240. The van der Waals surface area contributed by atoms with E-state index in [0.29, 0.717) is 0 Å². The van der Waals surface area contributed by atoms with Gasteiger partial charge in [0.25, 0.3) is 0 Å². The smallest absolute Gasteiger partial charge is 0.107 e. The SMILES string of the molecule is OCCC(O)NC(CO)(CO)CO. The van der Waals surface area contributed by atoms with Crippen LogP contribution < -0.4 is 5.32 Å². The van der Waals surface area contributed by atoms with E-state index in [1.165, 1.54) is 0 Å². The molecule has 0 heterocycles. The molecule has 0 radical (unpaired) electrons. The maximum atomic E-state index is 9.17. The van der Waals surface area contributed by atoms with Crippen LogP contribution in [0, 0.1) is 0 Å². The molecule has 6 heteroatoms. The number of hydrogen-bond donors (Lipinski definition) is 6. The number of rotatable bonds is 7. The first kappa shape index (κ1) is 12.8.